The number of carbonyl (C=O) groups is 2. The number of halogens is 1. The van der Waals surface area contributed by atoms with Gasteiger partial charge in [-0.3, -0.25) is 4.79 Å². The van der Waals surface area contributed by atoms with E-state index in [1.165, 1.54) is 11.3 Å². The lowest BCUT2D eigenvalue weighted by atomic mass is 10.1. The van der Waals surface area contributed by atoms with Crippen molar-refractivity contribution in [1.29, 1.82) is 0 Å². The summed E-state index contributed by atoms with van der Waals surface area (Å²) in [5, 5.41) is 3.92. The number of hydrogen-bond acceptors (Lipinski definition) is 4. The molecule has 1 aromatic heterocycles. The molecule has 0 saturated heterocycles. The predicted molar refractivity (Wildman–Crippen MR) is 102 cm³/mol. The Morgan fingerprint density at radius 2 is 1.92 bits per heavy atom. The van der Waals surface area contributed by atoms with Crippen LogP contribution >= 0.6 is 22.9 Å². The van der Waals surface area contributed by atoms with Gasteiger partial charge in [0.05, 0.1) is 5.02 Å². The van der Waals surface area contributed by atoms with Crippen LogP contribution in [0, 0.1) is 13.8 Å². The number of fused-ring (bicyclic) bond motifs is 1. The summed E-state index contributed by atoms with van der Waals surface area (Å²) in [5.74, 6) is -0.985. The van der Waals surface area contributed by atoms with E-state index < -0.39 is 5.97 Å². The molecule has 1 N–H and O–H groups in total. The number of carbonyl (C=O) groups excluding carboxylic acids is 2. The fourth-order valence-electron chi connectivity index (χ4n) is 2.40. The van der Waals surface area contributed by atoms with Crippen LogP contribution in [0.4, 0.5) is 5.69 Å². The first-order valence-corrected chi connectivity index (χ1v) is 8.86. The van der Waals surface area contributed by atoms with Crippen LogP contribution < -0.4 is 5.32 Å². The van der Waals surface area contributed by atoms with Gasteiger partial charge < -0.3 is 10.1 Å². The molecule has 3 rings (SSSR count). The first-order chi connectivity index (χ1) is 12.0. The highest BCUT2D eigenvalue weighted by atomic mass is 35.5. The van der Waals surface area contributed by atoms with Crippen molar-refractivity contribution >= 4 is 50.6 Å². The van der Waals surface area contributed by atoms with Crippen molar-refractivity contribution in [2.24, 2.45) is 0 Å². The molecule has 6 heteroatoms. The number of thiophene rings is 1. The van der Waals surface area contributed by atoms with Gasteiger partial charge in [-0.05, 0) is 37.1 Å². The van der Waals surface area contributed by atoms with Crippen LogP contribution in [0.15, 0.2) is 42.5 Å². The highest BCUT2D eigenvalue weighted by Gasteiger charge is 2.19. The number of benzene rings is 2. The molecule has 1 heterocycles. The molecule has 128 valence electrons. The maximum atomic E-state index is 12.2. The van der Waals surface area contributed by atoms with Crippen molar-refractivity contribution in [1.82, 2.24) is 0 Å². The Morgan fingerprint density at radius 3 is 2.68 bits per heavy atom. The zero-order valence-corrected chi connectivity index (χ0v) is 15.3. The molecule has 0 saturated carbocycles. The smallest absolute Gasteiger partial charge is 0.350 e. The van der Waals surface area contributed by atoms with E-state index in [2.05, 4.69) is 5.32 Å². The third kappa shape index (κ3) is 3.83. The summed E-state index contributed by atoms with van der Waals surface area (Å²) in [5.41, 5.74) is 2.69. The SMILES string of the molecule is Cc1ccc(C)c(NC(=O)COC(=O)c2sc3ccccc3c2Cl)c1. The molecule has 4 nitrogen and oxygen atoms in total. The number of rotatable bonds is 4. The maximum Gasteiger partial charge on any atom is 0.350 e. The summed E-state index contributed by atoms with van der Waals surface area (Å²) in [6.07, 6.45) is 0. The molecular weight excluding hydrogens is 358 g/mol. The van der Waals surface area contributed by atoms with E-state index in [4.69, 9.17) is 16.3 Å². The van der Waals surface area contributed by atoms with Gasteiger partial charge >= 0.3 is 5.97 Å². The van der Waals surface area contributed by atoms with Crippen LogP contribution in [0.25, 0.3) is 10.1 Å². The Bertz CT molecular complexity index is 964. The van der Waals surface area contributed by atoms with Crippen molar-refractivity contribution < 1.29 is 14.3 Å². The van der Waals surface area contributed by atoms with Crippen molar-refractivity contribution in [3.63, 3.8) is 0 Å². The van der Waals surface area contributed by atoms with Gasteiger partial charge in [-0.2, -0.15) is 0 Å². The van der Waals surface area contributed by atoms with Crippen LogP contribution in [-0.4, -0.2) is 18.5 Å². The number of nitrogens with one attached hydrogen (secondary N) is 1. The van der Waals surface area contributed by atoms with Crippen molar-refractivity contribution in [3.05, 3.63) is 63.5 Å². The average molecular weight is 374 g/mol. The topological polar surface area (TPSA) is 55.4 Å². The number of amides is 1. The number of anilines is 1. The minimum absolute atomic E-state index is 0.308. The summed E-state index contributed by atoms with van der Waals surface area (Å²) in [6, 6.07) is 13.2. The van der Waals surface area contributed by atoms with Gasteiger partial charge in [0.1, 0.15) is 4.88 Å². The zero-order chi connectivity index (χ0) is 18.0. The number of aryl methyl sites for hydroxylation is 2. The average Bonchev–Trinajstić information content (AvgIpc) is 2.93. The van der Waals surface area contributed by atoms with Gasteiger partial charge in [-0.1, -0.05) is 41.9 Å². The molecule has 0 radical (unpaired) electrons. The Kier molecular flexibility index (Phi) is 5.06. The summed E-state index contributed by atoms with van der Waals surface area (Å²) in [4.78, 5) is 24.6. The lowest BCUT2D eigenvalue weighted by molar-refractivity contribution is -0.119. The Balaban J connectivity index is 1.66. The molecule has 0 spiro atoms. The molecule has 0 aliphatic heterocycles. The second kappa shape index (κ2) is 7.25. The van der Waals surface area contributed by atoms with Crippen LogP contribution in [0.1, 0.15) is 20.8 Å². The van der Waals surface area contributed by atoms with Gasteiger partial charge in [-0.15, -0.1) is 11.3 Å². The van der Waals surface area contributed by atoms with E-state index in [-0.39, 0.29) is 12.5 Å². The highest BCUT2D eigenvalue weighted by Crippen LogP contribution is 2.35. The summed E-state index contributed by atoms with van der Waals surface area (Å²) >= 11 is 7.50. The molecule has 0 aliphatic carbocycles. The molecule has 1 amide bonds. The highest BCUT2D eigenvalue weighted by molar-refractivity contribution is 7.21. The molecular formula is C19H16ClNO3S. The molecule has 0 bridgehead atoms. The van der Waals surface area contributed by atoms with Crippen molar-refractivity contribution in [2.45, 2.75) is 13.8 Å². The number of esters is 1. The minimum Gasteiger partial charge on any atom is -0.451 e. The van der Waals surface area contributed by atoms with Crippen molar-refractivity contribution in [3.8, 4) is 0 Å². The molecule has 0 atom stereocenters. The second-order valence-corrected chi connectivity index (χ2v) is 7.11. The number of ether oxygens (including phenoxy) is 1. The van der Waals surface area contributed by atoms with Crippen LogP contribution in [0.3, 0.4) is 0 Å². The number of hydrogen-bond donors (Lipinski definition) is 1. The van der Waals surface area contributed by atoms with E-state index in [9.17, 15) is 9.59 Å². The maximum absolute atomic E-state index is 12.2. The molecule has 2 aromatic carbocycles. The van der Waals surface area contributed by atoms with Gasteiger partial charge in [0, 0.05) is 15.8 Å². The first kappa shape index (κ1) is 17.5. The molecule has 0 fully saturated rings. The van der Waals surface area contributed by atoms with Crippen molar-refractivity contribution in [2.75, 3.05) is 11.9 Å². The quantitative estimate of drug-likeness (QED) is 0.657. The zero-order valence-electron chi connectivity index (χ0n) is 13.8. The lowest BCUT2D eigenvalue weighted by Crippen LogP contribution is -2.21. The van der Waals surface area contributed by atoms with Gasteiger partial charge in [0.15, 0.2) is 6.61 Å². The van der Waals surface area contributed by atoms with Gasteiger partial charge in [0.2, 0.25) is 0 Å². The normalized spacial score (nSPS) is 10.7. The Morgan fingerprint density at radius 1 is 1.16 bits per heavy atom. The first-order valence-electron chi connectivity index (χ1n) is 7.67. The molecule has 0 unspecified atom stereocenters. The van der Waals surface area contributed by atoms with Crippen LogP contribution in [0.2, 0.25) is 5.02 Å². The molecule has 25 heavy (non-hydrogen) atoms. The predicted octanol–water partition coefficient (Wildman–Crippen LogP) is 4.97. The van der Waals surface area contributed by atoms with Gasteiger partial charge in [-0.25, -0.2) is 4.79 Å². The largest absolute Gasteiger partial charge is 0.451 e. The lowest BCUT2D eigenvalue weighted by Gasteiger charge is -2.09. The Hall–Kier alpha value is -2.37. The third-order valence-corrected chi connectivity index (χ3v) is 5.38. The summed E-state index contributed by atoms with van der Waals surface area (Å²) in [6.45, 7) is 3.48. The third-order valence-electron chi connectivity index (χ3n) is 3.72. The van der Waals surface area contributed by atoms with Crippen LogP contribution in [-0.2, 0) is 9.53 Å². The van der Waals surface area contributed by atoms with E-state index in [1.54, 1.807) is 0 Å². The van der Waals surface area contributed by atoms with E-state index >= 15 is 0 Å². The van der Waals surface area contributed by atoms with E-state index in [0.29, 0.717) is 15.6 Å². The molecule has 3 aromatic rings. The van der Waals surface area contributed by atoms with Gasteiger partial charge in [0.25, 0.3) is 5.91 Å². The van der Waals surface area contributed by atoms with E-state index in [0.717, 1.165) is 21.2 Å². The Labute approximate surface area is 154 Å². The van der Waals surface area contributed by atoms with Crippen LogP contribution in [0.5, 0.6) is 0 Å². The summed E-state index contributed by atoms with van der Waals surface area (Å²) < 4.78 is 6.02. The molecule has 0 aliphatic rings. The second-order valence-electron chi connectivity index (χ2n) is 5.68. The van der Waals surface area contributed by atoms with E-state index in [1.807, 2.05) is 56.3 Å². The standard InChI is InChI=1S/C19H16ClNO3S/c1-11-7-8-12(2)14(9-11)21-16(22)10-24-19(23)18-17(20)13-5-3-4-6-15(13)25-18/h3-9H,10H2,1-2H3,(H,21,22). The monoisotopic (exact) mass is 373 g/mol. The minimum atomic E-state index is -0.595. The fraction of sp³-hybridized carbons (Fsp3) is 0.158. The summed E-state index contributed by atoms with van der Waals surface area (Å²) in [7, 11) is 0. The fourth-order valence-corrected chi connectivity index (χ4v) is 3.80.